The van der Waals surface area contributed by atoms with Crippen LogP contribution in [-0.2, 0) is 4.79 Å². The Morgan fingerprint density at radius 3 is 2.90 bits per heavy atom. The maximum Gasteiger partial charge on any atom is 0.219 e. The van der Waals surface area contributed by atoms with Crippen molar-refractivity contribution >= 4 is 5.91 Å². The van der Waals surface area contributed by atoms with Crippen LogP contribution in [0.15, 0.2) is 0 Å². The summed E-state index contributed by atoms with van der Waals surface area (Å²) in [7, 11) is 0. The van der Waals surface area contributed by atoms with Gasteiger partial charge in [0, 0.05) is 13.5 Å². The fourth-order valence-electron chi connectivity index (χ4n) is 1.41. The highest BCUT2D eigenvalue weighted by atomic mass is 19.1. The van der Waals surface area contributed by atoms with Crippen molar-refractivity contribution in [1.82, 2.24) is 4.90 Å². The van der Waals surface area contributed by atoms with Crippen molar-refractivity contribution in [1.29, 1.82) is 0 Å². The zero-order valence-corrected chi connectivity index (χ0v) is 6.14. The molecule has 1 aliphatic heterocycles. The van der Waals surface area contributed by atoms with E-state index in [1.165, 1.54) is 6.92 Å². The largest absolute Gasteiger partial charge is 0.337 e. The third-order valence-electron chi connectivity index (χ3n) is 1.96. The quantitative estimate of drug-likeness (QED) is 0.538. The lowest BCUT2D eigenvalue weighted by molar-refractivity contribution is -0.129. The molecule has 1 atom stereocenters. The van der Waals surface area contributed by atoms with Crippen LogP contribution in [0.4, 0.5) is 4.39 Å². The molecular weight excluding hydrogens is 133 g/mol. The monoisotopic (exact) mass is 145 g/mol. The molecule has 1 saturated heterocycles. The Morgan fingerprint density at radius 2 is 2.50 bits per heavy atom. The minimum absolute atomic E-state index is 0.000139. The van der Waals surface area contributed by atoms with Crippen molar-refractivity contribution in [2.45, 2.75) is 25.8 Å². The molecule has 10 heavy (non-hydrogen) atoms. The molecule has 0 aromatic heterocycles. The van der Waals surface area contributed by atoms with Crippen LogP contribution in [-0.4, -0.2) is 30.1 Å². The molecule has 0 bridgehead atoms. The normalized spacial score (nSPS) is 25.4. The van der Waals surface area contributed by atoms with E-state index < -0.39 is 0 Å². The van der Waals surface area contributed by atoms with Crippen molar-refractivity contribution < 1.29 is 9.18 Å². The van der Waals surface area contributed by atoms with Crippen molar-refractivity contribution in [2.24, 2.45) is 0 Å². The van der Waals surface area contributed by atoms with Gasteiger partial charge in [-0.1, -0.05) is 0 Å². The summed E-state index contributed by atoms with van der Waals surface area (Å²) in [6, 6.07) is -0.127. The molecule has 58 valence electrons. The van der Waals surface area contributed by atoms with Gasteiger partial charge in [-0.25, -0.2) is 4.39 Å². The van der Waals surface area contributed by atoms with Crippen LogP contribution in [0.25, 0.3) is 0 Å². The number of carbonyl (C=O) groups is 1. The first-order chi connectivity index (χ1) is 4.75. The van der Waals surface area contributed by atoms with Crippen molar-refractivity contribution in [3.8, 4) is 0 Å². The predicted molar refractivity (Wildman–Crippen MR) is 36.4 cm³/mol. The summed E-state index contributed by atoms with van der Waals surface area (Å²) < 4.78 is 12.1. The molecule has 0 aromatic carbocycles. The van der Waals surface area contributed by atoms with E-state index >= 15 is 0 Å². The summed E-state index contributed by atoms with van der Waals surface area (Å²) >= 11 is 0. The summed E-state index contributed by atoms with van der Waals surface area (Å²) in [5.41, 5.74) is 0. The second-order valence-electron chi connectivity index (χ2n) is 2.66. The van der Waals surface area contributed by atoms with Crippen LogP contribution in [0.3, 0.4) is 0 Å². The van der Waals surface area contributed by atoms with Crippen LogP contribution >= 0.6 is 0 Å². The maximum atomic E-state index is 12.1. The van der Waals surface area contributed by atoms with E-state index in [9.17, 15) is 9.18 Å². The zero-order valence-electron chi connectivity index (χ0n) is 6.14. The van der Waals surface area contributed by atoms with Gasteiger partial charge < -0.3 is 4.90 Å². The average Bonchev–Trinajstić information content (AvgIpc) is 2.33. The van der Waals surface area contributed by atoms with Crippen LogP contribution in [0.2, 0.25) is 0 Å². The summed E-state index contributed by atoms with van der Waals surface area (Å²) in [6.45, 7) is 1.84. The molecule has 3 heteroatoms. The molecule has 1 rings (SSSR count). The van der Waals surface area contributed by atoms with Gasteiger partial charge in [-0.05, 0) is 12.8 Å². The minimum atomic E-state index is -0.389. The maximum absolute atomic E-state index is 12.1. The molecule has 0 unspecified atom stereocenters. The second-order valence-corrected chi connectivity index (χ2v) is 2.66. The molecule has 0 N–H and O–H groups in total. The number of hydrogen-bond donors (Lipinski definition) is 0. The molecule has 0 spiro atoms. The standard InChI is InChI=1S/C7H12FNO/c1-6(10)9-4-2-3-7(9)5-8/h7H,2-5H2,1H3/t7-/m1/s1. The van der Waals surface area contributed by atoms with Gasteiger partial charge in [-0.3, -0.25) is 4.79 Å². The van der Waals surface area contributed by atoms with Crippen molar-refractivity contribution in [3.63, 3.8) is 0 Å². The van der Waals surface area contributed by atoms with E-state index in [-0.39, 0.29) is 18.6 Å². The van der Waals surface area contributed by atoms with E-state index in [2.05, 4.69) is 0 Å². The first kappa shape index (κ1) is 7.51. The molecule has 0 aromatic rings. The highest BCUT2D eigenvalue weighted by molar-refractivity contribution is 5.73. The molecule has 0 aliphatic carbocycles. The predicted octanol–water partition coefficient (Wildman–Crippen LogP) is 0.967. The topological polar surface area (TPSA) is 20.3 Å². The van der Waals surface area contributed by atoms with Crippen LogP contribution in [0, 0.1) is 0 Å². The highest BCUT2D eigenvalue weighted by Crippen LogP contribution is 2.16. The Morgan fingerprint density at radius 1 is 1.80 bits per heavy atom. The van der Waals surface area contributed by atoms with Gasteiger partial charge in [0.05, 0.1) is 6.04 Å². The minimum Gasteiger partial charge on any atom is -0.337 e. The Labute approximate surface area is 60.0 Å². The number of amides is 1. The molecule has 0 radical (unpaired) electrons. The van der Waals surface area contributed by atoms with Gasteiger partial charge in [0.2, 0.25) is 5.91 Å². The molecule has 1 fully saturated rings. The SMILES string of the molecule is CC(=O)N1CCC[C@@H]1CF. The first-order valence-electron chi connectivity index (χ1n) is 3.59. The van der Waals surface area contributed by atoms with Crippen molar-refractivity contribution in [2.75, 3.05) is 13.2 Å². The Balaban J connectivity index is 2.50. The number of carbonyl (C=O) groups excluding carboxylic acids is 1. The van der Waals surface area contributed by atoms with Crippen LogP contribution < -0.4 is 0 Å². The van der Waals surface area contributed by atoms with E-state index in [4.69, 9.17) is 0 Å². The van der Waals surface area contributed by atoms with Gasteiger partial charge >= 0.3 is 0 Å². The smallest absolute Gasteiger partial charge is 0.219 e. The Kier molecular flexibility index (Phi) is 2.25. The summed E-state index contributed by atoms with van der Waals surface area (Å²) in [6.07, 6.45) is 1.78. The average molecular weight is 145 g/mol. The third-order valence-corrected chi connectivity index (χ3v) is 1.96. The van der Waals surface area contributed by atoms with Gasteiger partial charge in [-0.2, -0.15) is 0 Å². The fourth-order valence-corrected chi connectivity index (χ4v) is 1.41. The highest BCUT2D eigenvalue weighted by Gasteiger charge is 2.25. The van der Waals surface area contributed by atoms with E-state index in [0.29, 0.717) is 0 Å². The summed E-state index contributed by atoms with van der Waals surface area (Å²) in [4.78, 5) is 12.4. The van der Waals surface area contributed by atoms with E-state index in [1.54, 1.807) is 4.90 Å². The number of hydrogen-bond acceptors (Lipinski definition) is 1. The van der Waals surface area contributed by atoms with Gasteiger partial charge in [0.15, 0.2) is 0 Å². The van der Waals surface area contributed by atoms with Gasteiger partial charge in [0.1, 0.15) is 6.67 Å². The molecule has 1 amide bonds. The second kappa shape index (κ2) is 2.99. The fraction of sp³-hybridized carbons (Fsp3) is 0.857. The molecule has 0 saturated carbocycles. The van der Waals surface area contributed by atoms with Crippen molar-refractivity contribution in [3.05, 3.63) is 0 Å². The van der Waals surface area contributed by atoms with Crippen LogP contribution in [0.5, 0.6) is 0 Å². The van der Waals surface area contributed by atoms with Crippen LogP contribution in [0.1, 0.15) is 19.8 Å². The first-order valence-corrected chi connectivity index (χ1v) is 3.59. The number of rotatable bonds is 1. The lowest BCUT2D eigenvalue weighted by Gasteiger charge is -2.19. The number of halogens is 1. The zero-order chi connectivity index (χ0) is 7.56. The summed E-state index contributed by atoms with van der Waals surface area (Å²) in [5.74, 6) is 0.000139. The number of likely N-dealkylation sites (tertiary alicyclic amines) is 1. The van der Waals surface area contributed by atoms with Gasteiger partial charge in [0.25, 0.3) is 0 Å². The number of nitrogens with zero attached hydrogens (tertiary/aromatic N) is 1. The molecule has 2 nitrogen and oxygen atoms in total. The summed E-state index contributed by atoms with van der Waals surface area (Å²) in [5, 5.41) is 0. The Bertz CT molecular complexity index is 138. The molecule has 1 heterocycles. The number of alkyl halides is 1. The molecular formula is C7H12FNO. The molecule has 1 aliphatic rings. The lowest BCUT2D eigenvalue weighted by atomic mass is 10.2. The van der Waals surface area contributed by atoms with E-state index in [1.807, 2.05) is 0 Å². The third kappa shape index (κ3) is 1.28. The Hall–Kier alpha value is -0.600. The van der Waals surface area contributed by atoms with Gasteiger partial charge in [-0.15, -0.1) is 0 Å². The lowest BCUT2D eigenvalue weighted by Crippen LogP contribution is -2.34. The van der Waals surface area contributed by atoms with E-state index in [0.717, 1.165) is 19.4 Å².